The summed E-state index contributed by atoms with van der Waals surface area (Å²) in [6.45, 7) is 1.79. The van der Waals surface area contributed by atoms with Crippen LogP contribution in [0.5, 0.6) is 0 Å². The zero-order valence-corrected chi connectivity index (χ0v) is 18.5. The molecule has 0 spiro atoms. The number of thiocarbonyl (C=S) groups is 1. The van der Waals surface area contributed by atoms with Crippen molar-refractivity contribution in [3.63, 3.8) is 0 Å². The van der Waals surface area contributed by atoms with Gasteiger partial charge in [0.25, 0.3) is 0 Å². The molecular formula is C25H27FN4S. The highest BCUT2D eigenvalue weighted by Gasteiger charge is 2.41. The van der Waals surface area contributed by atoms with Crippen LogP contribution in [0, 0.1) is 12.7 Å². The van der Waals surface area contributed by atoms with Gasteiger partial charge in [0.2, 0.25) is 0 Å². The lowest BCUT2D eigenvalue weighted by Crippen LogP contribution is -2.29. The third-order valence-corrected chi connectivity index (χ3v) is 6.91. The largest absolute Gasteiger partial charge is 0.351 e. The van der Waals surface area contributed by atoms with E-state index in [2.05, 4.69) is 38.2 Å². The number of hydrogen-bond acceptors (Lipinski definition) is 2. The zero-order chi connectivity index (χ0) is 21.4. The predicted octanol–water partition coefficient (Wildman–Crippen LogP) is 6.01. The molecule has 2 aliphatic rings. The van der Waals surface area contributed by atoms with Crippen molar-refractivity contribution in [1.29, 1.82) is 0 Å². The monoisotopic (exact) mass is 434 g/mol. The Morgan fingerprint density at radius 1 is 1.10 bits per heavy atom. The molecule has 1 saturated heterocycles. The summed E-state index contributed by atoms with van der Waals surface area (Å²) in [4.78, 5) is 6.72. The first-order valence-corrected chi connectivity index (χ1v) is 11.5. The van der Waals surface area contributed by atoms with E-state index in [9.17, 15) is 4.39 Å². The van der Waals surface area contributed by atoms with Crippen LogP contribution in [0.15, 0.2) is 61.1 Å². The molecule has 1 aliphatic carbocycles. The minimum Gasteiger partial charge on any atom is -0.351 e. The number of anilines is 1. The van der Waals surface area contributed by atoms with Gasteiger partial charge >= 0.3 is 0 Å². The zero-order valence-electron chi connectivity index (χ0n) is 17.7. The number of pyridine rings is 1. The standard InChI is InChI=1S/C25H27FN4S/c1-17-15-20(10-11-21(17)26)30-24(23(28-25(30)31)22-9-5-6-13-27-22)18-12-14-29(16-18)19-7-3-2-4-8-19/h5-6,9-16,19,23-24H,2-4,7-8H2,1H3,(H,28,31). The minimum atomic E-state index is -0.205. The molecular weight excluding hydrogens is 407 g/mol. The fourth-order valence-electron chi connectivity index (χ4n) is 4.96. The summed E-state index contributed by atoms with van der Waals surface area (Å²) in [6.07, 6.45) is 12.7. The van der Waals surface area contributed by atoms with Gasteiger partial charge in [-0.2, -0.15) is 0 Å². The Morgan fingerprint density at radius 2 is 1.94 bits per heavy atom. The van der Waals surface area contributed by atoms with E-state index in [0.29, 0.717) is 16.7 Å². The summed E-state index contributed by atoms with van der Waals surface area (Å²) in [5.41, 5.74) is 3.64. The molecule has 0 radical (unpaired) electrons. The fraction of sp³-hybridized carbons (Fsp3) is 0.360. The number of nitrogens with one attached hydrogen (secondary N) is 1. The van der Waals surface area contributed by atoms with E-state index >= 15 is 0 Å². The Balaban J connectivity index is 1.56. The maximum absolute atomic E-state index is 14.0. The van der Waals surface area contributed by atoms with Gasteiger partial charge in [0.1, 0.15) is 5.82 Å². The minimum absolute atomic E-state index is 0.0582. The van der Waals surface area contributed by atoms with Crippen molar-refractivity contribution >= 4 is 23.0 Å². The van der Waals surface area contributed by atoms with Crippen LogP contribution in [0.2, 0.25) is 0 Å². The third-order valence-electron chi connectivity index (χ3n) is 6.59. The SMILES string of the molecule is Cc1cc(N2C(=S)NC(c3ccccn3)C2c2ccn(C3CCCCC3)c2)ccc1F. The first-order chi connectivity index (χ1) is 15.1. The lowest BCUT2D eigenvalue weighted by Gasteiger charge is -2.28. The van der Waals surface area contributed by atoms with E-state index in [0.717, 1.165) is 11.4 Å². The van der Waals surface area contributed by atoms with Crippen molar-refractivity contribution in [2.24, 2.45) is 0 Å². The molecule has 5 rings (SSSR count). The number of halogens is 1. The number of benzene rings is 1. The predicted molar refractivity (Wildman–Crippen MR) is 126 cm³/mol. The number of nitrogens with zero attached hydrogens (tertiary/aromatic N) is 3. The van der Waals surface area contributed by atoms with Crippen LogP contribution in [0.4, 0.5) is 10.1 Å². The summed E-state index contributed by atoms with van der Waals surface area (Å²) in [7, 11) is 0. The van der Waals surface area contributed by atoms with Gasteiger partial charge in [-0.1, -0.05) is 25.3 Å². The number of hydrogen-bond donors (Lipinski definition) is 1. The Bertz CT molecular complexity index is 1070. The van der Waals surface area contributed by atoms with Gasteiger partial charge in [-0.05, 0) is 79.5 Å². The molecule has 3 heterocycles. The Labute approximate surface area is 188 Å². The van der Waals surface area contributed by atoms with Crippen molar-refractivity contribution in [3.8, 4) is 0 Å². The Hall–Kier alpha value is -2.73. The molecule has 3 aromatic rings. The van der Waals surface area contributed by atoms with E-state index in [4.69, 9.17) is 12.2 Å². The maximum atomic E-state index is 14.0. The summed E-state index contributed by atoms with van der Waals surface area (Å²) in [5, 5.41) is 4.12. The van der Waals surface area contributed by atoms with Crippen molar-refractivity contribution in [1.82, 2.24) is 14.9 Å². The molecule has 160 valence electrons. The molecule has 2 fully saturated rings. The van der Waals surface area contributed by atoms with Crippen LogP contribution >= 0.6 is 12.2 Å². The third kappa shape index (κ3) is 3.85. The first kappa shape index (κ1) is 20.2. The molecule has 31 heavy (non-hydrogen) atoms. The van der Waals surface area contributed by atoms with E-state index in [-0.39, 0.29) is 17.9 Å². The fourth-order valence-corrected chi connectivity index (χ4v) is 5.31. The Kier molecular flexibility index (Phi) is 5.48. The molecule has 0 bridgehead atoms. The molecule has 1 aromatic carbocycles. The highest BCUT2D eigenvalue weighted by atomic mass is 32.1. The van der Waals surface area contributed by atoms with Crippen molar-refractivity contribution in [2.75, 3.05) is 4.90 Å². The van der Waals surface area contributed by atoms with E-state index in [1.54, 1.807) is 6.92 Å². The van der Waals surface area contributed by atoms with Gasteiger partial charge in [0, 0.05) is 30.3 Å². The second kappa shape index (κ2) is 8.42. The van der Waals surface area contributed by atoms with Gasteiger partial charge in [0.05, 0.1) is 17.8 Å². The smallest absolute Gasteiger partial charge is 0.174 e. The van der Waals surface area contributed by atoms with Gasteiger partial charge in [-0.3, -0.25) is 4.98 Å². The lowest BCUT2D eigenvalue weighted by atomic mass is 9.95. The lowest BCUT2D eigenvalue weighted by molar-refractivity contribution is 0.353. The van der Waals surface area contributed by atoms with Crippen LogP contribution in [0.25, 0.3) is 0 Å². The highest BCUT2D eigenvalue weighted by molar-refractivity contribution is 7.80. The quantitative estimate of drug-likeness (QED) is 0.510. The van der Waals surface area contributed by atoms with Crippen LogP contribution < -0.4 is 10.2 Å². The molecule has 4 nitrogen and oxygen atoms in total. The van der Waals surface area contributed by atoms with E-state index in [1.165, 1.54) is 43.7 Å². The Morgan fingerprint density at radius 3 is 2.68 bits per heavy atom. The van der Waals surface area contributed by atoms with Crippen LogP contribution in [-0.2, 0) is 0 Å². The van der Waals surface area contributed by atoms with Crippen LogP contribution in [-0.4, -0.2) is 14.7 Å². The van der Waals surface area contributed by atoms with Crippen LogP contribution in [0.1, 0.15) is 67.1 Å². The molecule has 2 atom stereocenters. The molecule has 0 amide bonds. The second-order valence-corrected chi connectivity index (χ2v) is 9.00. The summed E-state index contributed by atoms with van der Waals surface area (Å²) < 4.78 is 16.3. The molecule has 2 unspecified atom stereocenters. The van der Waals surface area contributed by atoms with E-state index in [1.807, 2.05) is 36.5 Å². The molecule has 1 N–H and O–H groups in total. The molecule has 1 saturated carbocycles. The summed E-state index contributed by atoms with van der Waals surface area (Å²) in [6, 6.07) is 13.8. The molecule has 2 aromatic heterocycles. The summed E-state index contributed by atoms with van der Waals surface area (Å²) >= 11 is 5.77. The van der Waals surface area contributed by atoms with Gasteiger partial charge in [0.15, 0.2) is 5.11 Å². The first-order valence-electron chi connectivity index (χ1n) is 11.1. The normalized spacial score (nSPS) is 22.0. The van der Waals surface area contributed by atoms with E-state index < -0.39 is 0 Å². The van der Waals surface area contributed by atoms with Crippen LogP contribution in [0.3, 0.4) is 0 Å². The van der Waals surface area contributed by atoms with Gasteiger partial charge in [-0.15, -0.1) is 0 Å². The van der Waals surface area contributed by atoms with Crippen molar-refractivity contribution in [3.05, 3.63) is 83.7 Å². The average Bonchev–Trinajstić information content (AvgIpc) is 3.41. The number of aryl methyl sites for hydroxylation is 1. The number of aromatic nitrogens is 2. The summed E-state index contributed by atoms with van der Waals surface area (Å²) in [5.74, 6) is -0.205. The van der Waals surface area contributed by atoms with Gasteiger partial charge < -0.3 is 14.8 Å². The van der Waals surface area contributed by atoms with Gasteiger partial charge in [-0.25, -0.2) is 4.39 Å². The average molecular weight is 435 g/mol. The maximum Gasteiger partial charge on any atom is 0.174 e. The molecule has 6 heteroatoms. The number of rotatable bonds is 4. The van der Waals surface area contributed by atoms with Crippen molar-refractivity contribution < 1.29 is 4.39 Å². The second-order valence-electron chi connectivity index (χ2n) is 8.61. The highest BCUT2D eigenvalue weighted by Crippen LogP contribution is 2.42. The topological polar surface area (TPSA) is 33.1 Å². The molecule has 1 aliphatic heterocycles. The van der Waals surface area contributed by atoms with Crippen molar-refractivity contribution in [2.45, 2.75) is 57.2 Å².